The van der Waals surface area contributed by atoms with Crippen LogP contribution in [-0.2, 0) is 65.4 Å². The lowest BCUT2D eigenvalue weighted by atomic mass is 10.0. The number of hydrogen-bond donors (Lipinski definition) is 3. The van der Waals surface area contributed by atoms with Crippen molar-refractivity contribution >= 4 is 39.5 Å². The second-order valence-electron chi connectivity index (χ2n) is 29.6. The highest BCUT2D eigenvalue weighted by Crippen LogP contribution is 2.45. The van der Waals surface area contributed by atoms with Gasteiger partial charge in [0.25, 0.3) is 0 Å². The lowest BCUT2D eigenvalue weighted by molar-refractivity contribution is -0.161. The summed E-state index contributed by atoms with van der Waals surface area (Å²) >= 11 is 0. The Balaban J connectivity index is 5.22. The zero-order valence-corrected chi connectivity index (χ0v) is 67.1. The van der Waals surface area contributed by atoms with E-state index in [0.717, 1.165) is 95.8 Å². The quantitative estimate of drug-likeness (QED) is 0.0222. The summed E-state index contributed by atoms with van der Waals surface area (Å²) in [7, 11) is -9.92. The minimum atomic E-state index is -4.96. The lowest BCUT2D eigenvalue weighted by Crippen LogP contribution is -2.30. The highest BCUT2D eigenvalue weighted by molar-refractivity contribution is 7.47. The van der Waals surface area contributed by atoms with Gasteiger partial charge in [0.2, 0.25) is 0 Å². The number of rotatable bonds is 81. The average molecular weight is 1470 g/mol. The zero-order chi connectivity index (χ0) is 73.4. The number of aliphatic hydroxyl groups is 1. The minimum absolute atomic E-state index is 0.109. The number of carbonyl (C=O) groups excluding carboxylic acids is 4. The normalized spacial score (nSPS) is 13.8. The van der Waals surface area contributed by atoms with E-state index in [9.17, 15) is 43.2 Å². The van der Waals surface area contributed by atoms with Crippen molar-refractivity contribution in [3.8, 4) is 0 Å². The summed E-state index contributed by atoms with van der Waals surface area (Å²) in [6.45, 7) is 7.35. The van der Waals surface area contributed by atoms with E-state index in [-0.39, 0.29) is 25.7 Å². The standard InChI is InChI=1S/C81H158O17P2/c1-6-9-12-15-18-21-23-25-27-29-30-32-38-42-47-52-57-62-67-81(86)98-77(71-92-79(84)65-60-55-50-45-40-36-34-33-35-39-44-48-53-58-63-74(4)5)73-96-100(89,90)94-69-75(82)68-93-99(87,88)95-72-76(70-91-78(83)64-59-54-49-43-20-17-14-11-8-3)97-80(85)66-61-56-51-46-41-37-31-28-26-24-22-19-16-13-10-7-2/h74-77,82H,6-73H2,1-5H3,(H,87,88)(H,89,90)/t75-,76+,77+/m0/s1. The van der Waals surface area contributed by atoms with Crippen molar-refractivity contribution in [2.24, 2.45) is 5.92 Å². The van der Waals surface area contributed by atoms with Gasteiger partial charge in [0.1, 0.15) is 19.3 Å². The molecule has 5 atom stereocenters. The molecule has 0 aromatic carbocycles. The predicted octanol–water partition coefficient (Wildman–Crippen LogP) is 24.4. The molecule has 0 saturated carbocycles. The van der Waals surface area contributed by atoms with Gasteiger partial charge in [0, 0.05) is 25.7 Å². The van der Waals surface area contributed by atoms with Crippen LogP contribution in [0.1, 0.15) is 433 Å². The SMILES string of the molecule is CCCCCCCCCCCCCCCCCCCCC(=O)O[C@H](COC(=O)CCCCCCCCCCCCCCCCC(C)C)COP(=O)(O)OC[C@@H](O)COP(=O)(O)OC[C@@H](COC(=O)CCCCCCCCCCC)OC(=O)CCCCCCCCCCCCCCCCCC. The molecule has 0 amide bonds. The second-order valence-corrected chi connectivity index (χ2v) is 32.5. The summed E-state index contributed by atoms with van der Waals surface area (Å²) in [5, 5.41) is 10.6. The summed E-state index contributed by atoms with van der Waals surface area (Å²) in [6, 6.07) is 0. The Kier molecular flexibility index (Phi) is 72.5. The summed E-state index contributed by atoms with van der Waals surface area (Å²) < 4.78 is 68.7. The van der Waals surface area contributed by atoms with Crippen molar-refractivity contribution in [1.82, 2.24) is 0 Å². The van der Waals surface area contributed by atoms with Gasteiger partial charge in [-0.2, -0.15) is 0 Å². The van der Waals surface area contributed by atoms with Crippen LogP contribution in [0.15, 0.2) is 0 Å². The first-order valence-electron chi connectivity index (χ1n) is 42.1. The number of carbonyl (C=O) groups is 4. The molecule has 0 saturated heterocycles. The third-order valence-corrected chi connectivity index (χ3v) is 20.9. The molecule has 0 fully saturated rings. The third kappa shape index (κ3) is 74.3. The molecular formula is C81H158O17P2. The molecule has 0 aliphatic heterocycles. The first-order valence-corrected chi connectivity index (χ1v) is 45.1. The summed E-state index contributed by atoms with van der Waals surface area (Å²) in [4.78, 5) is 73.0. The fourth-order valence-electron chi connectivity index (χ4n) is 12.6. The maximum atomic E-state index is 13.1. The van der Waals surface area contributed by atoms with Gasteiger partial charge < -0.3 is 33.8 Å². The van der Waals surface area contributed by atoms with Crippen LogP contribution in [-0.4, -0.2) is 96.7 Å². The van der Waals surface area contributed by atoms with Crippen molar-refractivity contribution in [2.75, 3.05) is 39.6 Å². The van der Waals surface area contributed by atoms with E-state index in [1.165, 1.54) is 257 Å². The van der Waals surface area contributed by atoms with Crippen LogP contribution in [0.2, 0.25) is 0 Å². The van der Waals surface area contributed by atoms with Crippen LogP contribution in [0, 0.1) is 5.92 Å². The van der Waals surface area contributed by atoms with Gasteiger partial charge in [0.05, 0.1) is 26.4 Å². The Morgan fingerprint density at radius 3 is 0.680 bits per heavy atom. The smallest absolute Gasteiger partial charge is 0.462 e. The Morgan fingerprint density at radius 2 is 0.460 bits per heavy atom. The number of esters is 4. The molecule has 17 nitrogen and oxygen atoms in total. The Bertz CT molecular complexity index is 1910. The molecule has 0 bridgehead atoms. The van der Waals surface area contributed by atoms with Gasteiger partial charge >= 0.3 is 39.5 Å². The van der Waals surface area contributed by atoms with E-state index in [2.05, 4.69) is 34.6 Å². The van der Waals surface area contributed by atoms with E-state index in [1.54, 1.807) is 0 Å². The van der Waals surface area contributed by atoms with Crippen LogP contribution in [0.4, 0.5) is 0 Å². The number of phosphoric ester groups is 2. The summed E-state index contributed by atoms with van der Waals surface area (Å²) in [5.74, 6) is -1.31. The van der Waals surface area contributed by atoms with Gasteiger partial charge in [-0.05, 0) is 31.6 Å². The molecule has 0 aliphatic carbocycles. The molecule has 100 heavy (non-hydrogen) atoms. The van der Waals surface area contributed by atoms with Crippen molar-refractivity contribution in [1.29, 1.82) is 0 Å². The van der Waals surface area contributed by atoms with Crippen LogP contribution < -0.4 is 0 Å². The fourth-order valence-corrected chi connectivity index (χ4v) is 14.2. The fraction of sp³-hybridized carbons (Fsp3) is 0.951. The highest BCUT2D eigenvalue weighted by atomic mass is 31.2. The number of aliphatic hydroxyl groups excluding tert-OH is 1. The van der Waals surface area contributed by atoms with Crippen LogP contribution in [0.25, 0.3) is 0 Å². The highest BCUT2D eigenvalue weighted by Gasteiger charge is 2.30. The van der Waals surface area contributed by atoms with E-state index < -0.39 is 97.5 Å². The molecule has 0 rings (SSSR count). The predicted molar refractivity (Wildman–Crippen MR) is 409 cm³/mol. The number of hydrogen-bond acceptors (Lipinski definition) is 15. The van der Waals surface area contributed by atoms with Crippen molar-refractivity contribution in [3.05, 3.63) is 0 Å². The van der Waals surface area contributed by atoms with Gasteiger partial charge in [0.15, 0.2) is 12.2 Å². The molecule has 0 aliphatic rings. The largest absolute Gasteiger partial charge is 0.472 e. The van der Waals surface area contributed by atoms with Crippen molar-refractivity contribution < 1.29 is 80.2 Å². The first kappa shape index (κ1) is 98.1. The minimum Gasteiger partial charge on any atom is -0.462 e. The second kappa shape index (κ2) is 73.9. The Hall–Kier alpha value is -1.94. The van der Waals surface area contributed by atoms with Gasteiger partial charge in [-0.25, -0.2) is 9.13 Å². The molecular weight excluding hydrogens is 1310 g/mol. The number of phosphoric acid groups is 2. The van der Waals surface area contributed by atoms with E-state index in [4.69, 9.17) is 37.0 Å². The lowest BCUT2D eigenvalue weighted by Gasteiger charge is -2.21. The van der Waals surface area contributed by atoms with Crippen LogP contribution in [0.5, 0.6) is 0 Å². The van der Waals surface area contributed by atoms with E-state index in [0.29, 0.717) is 25.7 Å². The number of ether oxygens (including phenoxy) is 4. The molecule has 0 spiro atoms. The topological polar surface area (TPSA) is 237 Å². The molecule has 594 valence electrons. The Labute approximate surface area is 613 Å². The van der Waals surface area contributed by atoms with Gasteiger partial charge in [-0.15, -0.1) is 0 Å². The monoisotopic (exact) mass is 1470 g/mol. The third-order valence-electron chi connectivity index (χ3n) is 19.0. The Morgan fingerprint density at radius 1 is 0.270 bits per heavy atom. The maximum absolute atomic E-state index is 13.1. The first-order chi connectivity index (χ1) is 48.5. The molecule has 0 radical (unpaired) electrons. The molecule has 0 aromatic rings. The summed E-state index contributed by atoms with van der Waals surface area (Å²) in [5.41, 5.74) is 0. The van der Waals surface area contributed by atoms with Crippen molar-refractivity contribution in [2.45, 2.75) is 451 Å². The van der Waals surface area contributed by atoms with Crippen LogP contribution in [0.3, 0.4) is 0 Å². The molecule has 0 aromatic heterocycles. The van der Waals surface area contributed by atoms with E-state index >= 15 is 0 Å². The molecule has 3 N–H and O–H groups in total. The molecule has 2 unspecified atom stereocenters. The molecule has 0 heterocycles. The molecule has 19 heteroatoms. The summed E-state index contributed by atoms with van der Waals surface area (Å²) in [6.07, 6.45) is 65.2. The average Bonchev–Trinajstić information content (AvgIpc) is 0.959. The van der Waals surface area contributed by atoms with E-state index in [1.807, 2.05) is 0 Å². The zero-order valence-electron chi connectivity index (χ0n) is 65.3. The van der Waals surface area contributed by atoms with Crippen LogP contribution >= 0.6 is 15.6 Å². The van der Waals surface area contributed by atoms with Gasteiger partial charge in [-0.1, -0.05) is 381 Å². The van der Waals surface area contributed by atoms with Gasteiger partial charge in [-0.3, -0.25) is 37.3 Å². The van der Waals surface area contributed by atoms with Crippen molar-refractivity contribution in [3.63, 3.8) is 0 Å². The maximum Gasteiger partial charge on any atom is 0.472 e. The number of unbranched alkanes of at least 4 members (excludes halogenated alkanes) is 53.